The maximum atomic E-state index is 5.56. The normalized spacial score (nSPS) is 11.9. The second kappa shape index (κ2) is 9.91. The maximum absolute atomic E-state index is 5.56. The van der Waals surface area contributed by atoms with E-state index in [4.69, 9.17) is 18.3 Å². The Kier molecular flexibility index (Phi) is 8.56. The van der Waals surface area contributed by atoms with E-state index in [0.717, 1.165) is 31.5 Å². The Hall–Kier alpha value is -0.923. The van der Waals surface area contributed by atoms with Crippen molar-refractivity contribution in [1.29, 1.82) is 0 Å². The van der Waals surface area contributed by atoms with Gasteiger partial charge in [0.1, 0.15) is 0 Å². The molecule has 6 heteroatoms. The number of methoxy groups -OCH3 is 2. The summed E-state index contributed by atoms with van der Waals surface area (Å²) in [7, 11) is 4.55. The lowest BCUT2D eigenvalue weighted by Gasteiger charge is -2.34. The molecule has 0 radical (unpaired) electrons. The van der Waals surface area contributed by atoms with Crippen LogP contribution in [0.25, 0.3) is 0 Å². The second-order valence-electron chi connectivity index (χ2n) is 4.77. The van der Waals surface area contributed by atoms with Crippen LogP contribution in [0.3, 0.4) is 0 Å². The predicted molar refractivity (Wildman–Crippen MR) is 86.7 cm³/mol. The van der Waals surface area contributed by atoms with E-state index < -0.39 is 14.7 Å². The summed E-state index contributed by atoms with van der Waals surface area (Å²) < 4.78 is 22.0. The molecule has 0 amide bonds. The van der Waals surface area contributed by atoms with E-state index in [2.05, 4.69) is 17.4 Å². The highest BCUT2D eigenvalue weighted by molar-refractivity contribution is 6.47. The van der Waals surface area contributed by atoms with Gasteiger partial charge < -0.3 is 23.6 Å². The Morgan fingerprint density at radius 1 is 0.952 bits per heavy atom. The number of unbranched alkanes of at least 4 members (excludes halogenated alkanes) is 1. The Morgan fingerprint density at radius 2 is 1.57 bits per heavy atom. The smallest absolute Gasteiger partial charge is 0.383 e. The van der Waals surface area contributed by atoms with Crippen molar-refractivity contribution in [3.63, 3.8) is 0 Å². The van der Waals surface area contributed by atoms with Gasteiger partial charge in [-0.3, -0.25) is 0 Å². The highest BCUT2D eigenvalue weighted by atomic mass is 28.3. The molecule has 1 N–H and O–H groups in total. The summed E-state index contributed by atoms with van der Waals surface area (Å²) >= 11 is 0. The van der Waals surface area contributed by atoms with Crippen LogP contribution in [0.1, 0.15) is 19.3 Å². The summed E-state index contributed by atoms with van der Waals surface area (Å²) in [5.41, 5.74) is 0.416. The predicted octanol–water partition coefficient (Wildman–Crippen LogP) is 2.31. The fourth-order valence-electron chi connectivity index (χ4n) is 2.34. The minimum absolute atomic E-state index is 0.726. The zero-order valence-corrected chi connectivity index (χ0v) is 14.6. The van der Waals surface area contributed by atoms with Crippen molar-refractivity contribution in [2.75, 3.05) is 40.3 Å². The van der Waals surface area contributed by atoms with E-state index in [0.29, 0.717) is 0 Å². The lowest BCUT2D eigenvalue weighted by atomic mass is 10.2. The molecule has 0 aliphatic carbocycles. The SMILES string of the molecule is CO[SiH](OC)C(CCCCNc1ccccc1)(OC)OC. The van der Waals surface area contributed by atoms with Gasteiger partial charge in [-0.05, 0) is 25.0 Å². The molecule has 0 saturated carbocycles. The lowest BCUT2D eigenvalue weighted by molar-refractivity contribution is -0.171. The average Bonchev–Trinajstić information content (AvgIpc) is 2.55. The van der Waals surface area contributed by atoms with Gasteiger partial charge in [0.2, 0.25) is 5.41 Å². The monoisotopic (exact) mass is 313 g/mol. The minimum Gasteiger partial charge on any atom is -0.397 e. The minimum atomic E-state index is -2.02. The summed E-state index contributed by atoms with van der Waals surface area (Å²) in [6, 6.07) is 10.2. The van der Waals surface area contributed by atoms with Crippen molar-refractivity contribution in [2.45, 2.75) is 24.7 Å². The van der Waals surface area contributed by atoms with Gasteiger partial charge in [0.15, 0.2) is 0 Å². The van der Waals surface area contributed by atoms with Crippen LogP contribution in [0.15, 0.2) is 30.3 Å². The molecule has 0 aliphatic rings. The fourth-order valence-corrected chi connectivity index (χ4v) is 4.07. The summed E-state index contributed by atoms with van der Waals surface area (Å²) in [6.07, 6.45) is 2.75. The lowest BCUT2D eigenvalue weighted by Crippen LogP contribution is -2.52. The summed E-state index contributed by atoms with van der Waals surface area (Å²) in [5.74, 6) is 0. The van der Waals surface area contributed by atoms with E-state index in [9.17, 15) is 0 Å². The topological polar surface area (TPSA) is 49.0 Å². The van der Waals surface area contributed by atoms with Crippen LogP contribution in [0.4, 0.5) is 5.69 Å². The largest absolute Gasteiger partial charge is 0.397 e. The van der Waals surface area contributed by atoms with Crippen LogP contribution in [0.5, 0.6) is 0 Å². The number of anilines is 1. The quantitative estimate of drug-likeness (QED) is 0.386. The van der Waals surface area contributed by atoms with Crippen molar-refractivity contribution in [3.05, 3.63) is 30.3 Å². The van der Waals surface area contributed by atoms with E-state index in [-0.39, 0.29) is 0 Å². The number of benzene rings is 1. The third kappa shape index (κ3) is 5.41. The van der Waals surface area contributed by atoms with Gasteiger partial charge in [0, 0.05) is 47.1 Å². The number of rotatable bonds is 11. The first-order valence-corrected chi connectivity index (χ1v) is 8.69. The zero-order valence-electron chi connectivity index (χ0n) is 13.4. The zero-order chi connectivity index (χ0) is 15.6. The third-order valence-corrected chi connectivity index (χ3v) is 5.87. The van der Waals surface area contributed by atoms with Crippen LogP contribution in [0.2, 0.25) is 0 Å². The van der Waals surface area contributed by atoms with Crippen molar-refractivity contribution >= 4 is 15.0 Å². The van der Waals surface area contributed by atoms with Crippen molar-refractivity contribution in [3.8, 4) is 0 Å². The van der Waals surface area contributed by atoms with E-state index in [1.807, 2.05) is 18.2 Å². The fraction of sp³-hybridized carbons (Fsp3) is 0.600. The van der Waals surface area contributed by atoms with E-state index in [1.165, 1.54) is 0 Å². The van der Waals surface area contributed by atoms with Crippen LogP contribution in [0, 0.1) is 0 Å². The highest BCUT2D eigenvalue weighted by Crippen LogP contribution is 2.24. The third-order valence-electron chi connectivity index (χ3n) is 3.53. The van der Waals surface area contributed by atoms with Gasteiger partial charge in [-0.1, -0.05) is 18.2 Å². The van der Waals surface area contributed by atoms with Crippen LogP contribution < -0.4 is 5.32 Å². The molecule has 0 saturated heterocycles. The Labute approximate surface area is 129 Å². The molecule has 120 valence electrons. The van der Waals surface area contributed by atoms with Crippen molar-refractivity contribution in [2.24, 2.45) is 0 Å². The standard InChI is InChI=1S/C15H27NO4Si/c1-17-15(18-2,21(19-3)20-4)12-8-9-13-16-14-10-6-5-7-11-14/h5-7,10-11,16,21H,8-9,12-13H2,1-4H3. The molecule has 1 rings (SSSR count). The molecule has 0 unspecified atom stereocenters. The van der Waals surface area contributed by atoms with Gasteiger partial charge in [-0.25, -0.2) is 0 Å². The van der Waals surface area contributed by atoms with Gasteiger partial charge in [0.05, 0.1) is 0 Å². The molecular weight excluding hydrogens is 286 g/mol. The second-order valence-corrected chi connectivity index (χ2v) is 7.26. The van der Waals surface area contributed by atoms with Gasteiger partial charge >= 0.3 is 9.28 Å². The molecule has 0 aromatic heterocycles. The molecule has 0 spiro atoms. The number of ether oxygens (including phenoxy) is 2. The van der Waals surface area contributed by atoms with Crippen LogP contribution in [-0.2, 0) is 18.3 Å². The number of hydrogen-bond donors (Lipinski definition) is 1. The molecule has 0 bridgehead atoms. The van der Waals surface area contributed by atoms with E-state index in [1.54, 1.807) is 28.4 Å². The number of nitrogens with one attached hydrogen (secondary N) is 1. The molecular formula is C15H27NO4Si. The molecule has 1 aromatic rings. The molecule has 1 aromatic carbocycles. The van der Waals surface area contributed by atoms with Crippen molar-refractivity contribution < 1.29 is 18.3 Å². The summed E-state index contributed by atoms with van der Waals surface area (Å²) in [5, 5.41) is 3.39. The molecule has 0 fully saturated rings. The first kappa shape index (κ1) is 18.1. The summed E-state index contributed by atoms with van der Waals surface area (Å²) in [6.45, 7) is 0.916. The molecule has 0 heterocycles. The molecule has 5 nitrogen and oxygen atoms in total. The Morgan fingerprint density at radius 3 is 2.10 bits per heavy atom. The molecule has 0 atom stereocenters. The van der Waals surface area contributed by atoms with Crippen LogP contribution >= 0.6 is 0 Å². The van der Waals surface area contributed by atoms with Gasteiger partial charge in [0.25, 0.3) is 0 Å². The maximum Gasteiger partial charge on any atom is 0.383 e. The van der Waals surface area contributed by atoms with Gasteiger partial charge in [-0.15, -0.1) is 0 Å². The van der Waals surface area contributed by atoms with E-state index >= 15 is 0 Å². The molecule has 21 heavy (non-hydrogen) atoms. The Bertz CT molecular complexity index is 369. The molecule has 0 aliphatic heterocycles. The first-order valence-electron chi connectivity index (χ1n) is 7.17. The van der Waals surface area contributed by atoms with Crippen LogP contribution in [-0.4, -0.2) is 49.7 Å². The number of para-hydroxylation sites is 1. The van der Waals surface area contributed by atoms with Crippen molar-refractivity contribution in [1.82, 2.24) is 0 Å². The van der Waals surface area contributed by atoms with Gasteiger partial charge in [-0.2, -0.15) is 0 Å². The number of hydrogen-bond acceptors (Lipinski definition) is 5. The highest BCUT2D eigenvalue weighted by Gasteiger charge is 2.42. The Balaban J connectivity index is 2.37. The summed E-state index contributed by atoms with van der Waals surface area (Å²) in [4.78, 5) is 0. The average molecular weight is 313 g/mol. The first-order chi connectivity index (χ1) is 10.2.